The van der Waals surface area contributed by atoms with E-state index in [9.17, 15) is 0 Å². The molecule has 0 aliphatic carbocycles. The average molecular weight is 866 g/mol. The summed E-state index contributed by atoms with van der Waals surface area (Å²) in [5.41, 5.74) is 2.85. The van der Waals surface area contributed by atoms with Crippen LogP contribution in [0.3, 0.4) is 0 Å². The molecule has 5 heteroatoms. The molecule has 0 N–H and O–H groups in total. The van der Waals surface area contributed by atoms with Gasteiger partial charge in [-0.25, -0.2) is 4.44 Å². The smallest absolute Gasteiger partial charge is 0.0867 e. The Morgan fingerprint density at radius 1 is 0.390 bits per heavy atom. The first-order valence-corrected chi connectivity index (χ1v) is 32.3. The highest BCUT2D eigenvalue weighted by atomic mass is 31.2. The SMILES string of the molecule is CCCCN(P(c1cccc([Si](CCCC)(CCCC)CCCC)c1)c1cccc([Si](CCCC)(CCCC)CCCC)c1)P(c1ccccc1C)c1ccccc1C. The van der Waals surface area contributed by atoms with Gasteiger partial charge in [-0.1, -0.05) is 276 Å². The lowest BCUT2D eigenvalue weighted by Crippen LogP contribution is -2.49. The summed E-state index contributed by atoms with van der Waals surface area (Å²) in [5.74, 6) is 0. The summed E-state index contributed by atoms with van der Waals surface area (Å²) in [7, 11) is -5.09. The van der Waals surface area contributed by atoms with Crippen molar-refractivity contribution in [1.82, 2.24) is 4.44 Å². The Morgan fingerprint density at radius 3 is 1.05 bits per heavy atom. The minimum Gasteiger partial charge on any atom is -0.245 e. The molecule has 324 valence electrons. The molecule has 4 rings (SSSR count). The van der Waals surface area contributed by atoms with Gasteiger partial charge >= 0.3 is 0 Å². The van der Waals surface area contributed by atoms with Crippen LogP contribution in [-0.4, -0.2) is 27.1 Å². The lowest BCUT2D eigenvalue weighted by atomic mass is 10.2. The van der Waals surface area contributed by atoms with Crippen molar-refractivity contribution in [2.75, 3.05) is 6.54 Å². The van der Waals surface area contributed by atoms with E-state index in [-0.39, 0.29) is 0 Å². The Bertz CT molecular complexity index is 1610. The topological polar surface area (TPSA) is 3.24 Å². The maximum absolute atomic E-state index is 3.11. The van der Waals surface area contributed by atoms with E-state index in [4.69, 9.17) is 0 Å². The standard InChI is InChI=1S/C54H85NP2Si2/c1-10-17-38-55(57(53-36-26-24-30-47(53)8)54-37-27-25-31-48(54)9)56(49-32-28-34-51(45-49)58(39-18-11-2,40-19-12-3)41-20-13-4)50-33-29-35-52(46-50)59(42-21-14-5,43-22-15-6)44-23-16-7/h24-37,45-46H,10-23,38-44H2,1-9H3. The zero-order chi connectivity index (χ0) is 42.5. The van der Waals surface area contributed by atoms with Crippen molar-refractivity contribution in [2.45, 2.75) is 188 Å². The van der Waals surface area contributed by atoms with Gasteiger partial charge in [0.25, 0.3) is 0 Å². The number of rotatable bonds is 29. The predicted molar refractivity (Wildman–Crippen MR) is 278 cm³/mol. The number of nitrogens with zero attached hydrogens (tertiary/aromatic N) is 1. The van der Waals surface area contributed by atoms with Crippen LogP contribution in [0.25, 0.3) is 0 Å². The lowest BCUT2D eigenvalue weighted by Gasteiger charge is -2.41. The van der Waals surface area contributed by atoms with Crippen molar-refractivity contribution in [3.05, 3.63) is 108 Å². The van der Waals surface area contributed by atoms with Crippen LogP contribution in [0.1, 0.15) is 149 Å². The minimum atomic E-state index is -1.73. The summed E-state index contributed by atoms with van der Waals surface area (Å²) < 4.78 is 3.11. The van der Waals surface area contributed by atoms with Gasteiger partial charge in [0.2, 0.25) is 0 Å². The molecular formula is C54H85NP2Si2. The number of hydrogen-bond acceptors (Lipinski definition) is 1. The fraction of sp³-hybridized carbons (Fsp3) is 0.556. The molecule has 0 amide bonds. The Hall–Kier alpha value is -1.87. The second-order valence-electron chi connectivity index (χ2n) is 17.9. The van der Waals surface area contributed by atoms with Crippen LogP contribution in [0, 0.1) is 13.8 Å². The molecular weight excluding hydrogens is 781 g/mol. The summed E-state index contributed by atoms with van der Waals surface area (Å²) in [5, 5.41) is 9.79. The Kier molecular flexibility index (Phi) is 22.4. The number of benzene rings is 4. The Balaban J connectivity index is 2.12. The van der Waals surface area contributed by atoms with Crippen LogP contribution < -0.4 is 31.6 Å². The molecule has 0 aliphatic rings. The third-order valence-electron chi connectivity index (χ3n) is 13.3. The van der Waals surface area contributed by atoms with Gasteiger partial charge in [0.1, 0.15) is 0 Å². The third-order valence-corrected chi connectivity index (χ3v) is 30.1. The molecule has 0 aliphatic heterocycles. The fourth-order valence-corrected chi connectivity index (χ4v) is 27.5. The first-order chi connectivity index (χ1) is 28.8. The van der Waals surface area contributed by atoms with Crippen LogP contribution >= 0.6 is 16.1 Å². The molecule has 0 unspecified atom stereocenters. The summed E-state index contributed by atoms with van der Waals surface area (Å²) in [4.78, 5) is 0. The zero-order valence-electron chi connectivity index (χ0n) is 39.4. The molecule has 0 atom stereocenters. The molecule has 0 heterocycles. The molecule has 4 aromatic carbocycles. The van der Waals surface area contributed by atoms with Crippen molar-refractivity contribution >= 4 is 63.9 Å². The summed E-state index contributed by atoms with van der Waals surface area (Å²) in [6.07, 6.45) is 18.4. The number of aryl methyl sites for hydroxylation is 2. The molecule has 0 aromatic heterocycles. The second-order valence-corrected chi connectivity index (χ2v) is 31.7. The van der Waals surface area contributed by atoms with Crippen molar-refractivity contribution in [3.63, 3.8) is 0 Å². The molecule has 0 radical (unpaired) electrons. The summed E-state index contributed by atoms with van der Waals surface area (Å²) >= 11 is 0. The molecule has 1 nitrogen and oxygen atoms in total. The first kappa shape index (κ1) is 49.8. The van der Waals surface area contributed by atoms with Crippen molar-refractivity contribution in [3.8, 4) is 0 Å². The molecule has 0 fully saturated rings. The van der Waals surface area contributed by atoms with Crippen molar-refractivity contribution in [1.29, 1.82) is 0 Å². The highest BCUT2D eigenvalue weighted by Gasteiger charge is 2.38. The average Bonchev–Trinajstić information content (AvgIpc) is 3.26. The molecule has 0 spiro atoms. The molecule has 0 saturated carbocycles. The minimum absolute atomic E-state index is 0.801. The van der Waals surface area contributed by atoms with Crippen LogP contribution in [0.2, 0.25) is 36.3 Å². The van der Waals surface area contributed by atoms with Gasteiger partial charge in [-0.2, -0.15) is 0 Å². The zero-order valence-corrected chi connectivity index (χ0v) is 43.2. The maximum atomic E-state index is 3.11. The van der Waals surface area contributed by atoms with Gasteiger partial charge in [-0.15, -0.1) is 0 Å². The molecule has 4 aromatic rings. The van der Waals surface area contributed by atoms with E-state index in [1.165, 1.54) is 148 Å². The fourth-order valence-electron chi connectivity index (χ4n) is 9.63. The van der Waals surface area contributed by atoms with Gasteiger partial charge < -0.3 is 0 Å². The summed E-state index contributed by atoms with van der Waals surface area (Å²) in [6, 6.07) is 48.6. The number of unbranched alkanes of at least 4 members (excludes halogenated alkanes) is 7. The van der Waals surface area contributed by atoms with E-state index in [0.717, 1.165) is 6.54 Å². The number of hydrogen-bond donors (Lipinski definition) is 0. The molecule has 59 heavy (non-hydrogen) atoms. The van der Waals surface area contributed by atoms with Crippen molar-refractivity contribution < 1.29 is 0 Å². The van der Waals surface area contributed by atoms with E-state index in [0.29, 0.717) is 0 Å². The highest BCUT2D eigenvalue weighted by Crippen LogP contribution is 2.55. The monoisotopic (exact) mass is 866 g/mol. The van der Waals surface area contributed by atoms with E-state index in [1.807, 2.05) is 0 Å². The van der Waals surface area contributed by atoms with Gasteiger partial charge in [-0.05, 0) is 52.6 Å². The quantitative estimate of drug-likeness (QED) is 0.0388. The van der Waals surface area contributed by atoms with Crippen LogP contribution in [0.5, 0.6) is 0 Å². The Morgan fingerprint density at radius 2 is 0.729 bits per heavy atom. The van der Waals surface area contributed by atoms with E-state index >= 15 is 0 Å². The van der Waals surface area contributed by atoms with E-state index in [2.05, 4.69) is 164 Å². The first-order valence-electron chi connectivity index (χ1n) is 24.5. The van der Waals surface area contributed by atoms with Gasteiger partial charge in [0.15, 0.2) is 0 Å². The van der Waals surface area contributed by atoms with E-state index in [1.54, 1.807) is 21.0 Å². The van der Waals surface area contributed by atoms with Crippen LogP contribution in [0.4, 0.5) is 0 Å². The second kappa shape index (κ2) is 26.6. The van der Waals surface area contributed by atoms with Crippen LogP contribution in [-0.2, 0) is 0 Å². The maximum Gasteiger partial charge on any atom is 0.0867 e. The summed E-state index contributed by atoms with van der Waals surface area (Å²) in [6.45, 7) is 22.7. The van der Waals surface area contributed by atoms with Crippen molar-refractivity contribution in [2.24, 2.45) is 0 Å². The van der Waals surface area contributed by atoms with Gasteiger partial charge in [-0.3, -0.25) is 0 Å². The Labute approximate surface area is 369 Å². The predicted octanol–water partition coefficient (Wildman–Crippen LogP) is 14.9. The third kappa shape index (κ3) is 13.6. The van der Waals surface area contributed by atoms with E-state index < -0.39 is 32.3 Å². The largest absolute Gasteiger partial charge is 0.245 e. The highest BCUT2D eigenvalue weighted by molar-refractivity contribution is 7.84. The normalized spacial score (nSPS) is 12.3. The lowest BCUT2D eigenvalue weighted by molar-refractivity contribution is 0.646. The molecule has 0 saturated heterocycles. The van der Waals surface area contributed by atoms with Gasteiger partial charge in [0, 0.05) is 22.7 Å². The van der Waals surface area contributed by atoms with Gasteiger partial charge in [0.05, 0.1) is 16.1 Å². The van der Waals surface area contributed by atoms with Crippen LogP contribution in [0.15, 0.2) is 97.1 Å². The molecule has 0 bridgehead atoms.